The van der Waals surface area contributed by atoms with E-state index in [0.29, 0.717) is 0 Å². The molecule has 0 bridgehead atoms. The van der Waals surface area contributed by atoms with E-state index in [2.05, 4.69) is 9.47 Å². The highest BCUT2D eigenvalue weighted by Crippen LogP contribution is 2.64. The number of ether oxygens (including phenoxy) is 3. The molecule has 0 aliphatic rings. The molecule has 0 aliphatic carbocycles. The molecule has 2 aromatic carbocycles. The third-order valence-corrected chi connectivity index (χ3v) is 5.89. The average Bonchev–Trinajstić information content (AvgIpc) is 2.92. The van der Waals surface area contributed by atoms with Gasteiger partial charge in [0, 0.05) is 0 Å². The summed E-state index contributed by atoms with van der Waals surface area (Å²) in [5.74, 6) is -60.3. The fraction of sp³-hybridized carbons (Fsp3) is 0.458. The summed E-state index contributed by atoms with van der Waals surface area (Å²) in [6, 6.07) is 6.05. The molecule has 0 saturated heterocycles. The van der Waals surface area contributed by atoms with Crippen molar-refractivity contribution in [1.29, 1.82) is 0 Å². The van der Waals surface area contributed by atoms with Gasteiger partial charge >= 0.3 is 53.6 Å². The minimum absolute atomic E-state index is 0.233. The number of alkyl halides is 17. The van der Waals surface area contributed by atoms with Crippen LogP contribution in [0.2, 0.25) is 0 Å². The summed E-state index contributed by atoms with van der Waals surface area (Å²) in [4.78, 5) is 12.1. The first-order valence-corrected chi connectivity index (χ1v) is 11.5. The molecule has 46 heavy (non-hydrogen) atoms. The van der Waals surface area contributed by atoms with E-state index in [1.54, 1.807) is 0 Å². The first kappa shape index (κ1) is 38.4. The van der Waals surface area contributed by atoms with Crippen LogP contribution in [0.4, 0.5) is 79.0 Å². The van der Waals surface area contributed by atoms with Crippen molar-refractivity contribution in [1.82, 2.24) is 0 Å². The standard InChI is InChI=1S/C24H14F18O4/c1-44-15-7-2-11(10-14(15)25)16(43)46-13-5-3-12(4-6-13)45-9-8-17(26,27)18(28,29)19(30,31)20(32,33)21(34,35)22(36,37)23(38,39)24(40,41)42/h2-7,10H,8-9H2,1H3. The first-order chi connectivity index (χ1) is 20.5. The molecule has 0 unspecified atom stereocenters. The lowest BCUT2D eigenvalue weighted by molar-refractivity contribution is -0.461. The van der Waals surface area contributed by atoms with E-state index in [0.717, 1.165) is 49.6 Å². The molecule has 0 radical (unpaired) electrons. The number of carbonyl (C=O) groups excluding carboxylic acids is 1. The monoisotopic (exact) mass is 708 g/mol. The Bertz CT molecular complexity index is 1390. The minimum Gasteiger partial charge on any atom is -0.494 e. The number of halogens is 18. The van der Waals surface area contributed by atoms with Crippen LogP contribution in [0.1, 0.15) is 16.8 Å². The molecular formula is C24H14F18O4. The van der Waals surface area contributed by atoms with Crippen LogP contribution in [-0.2, 0) is 0 Å². The van der Waals surface area contributed by atoms with Crippen LogP contribution in [0.3, 0.4) is 0 Å². The van der Waals surface area contributed by atoms with E-state index in [4.69, 9.17) is 4.74 Å². The number of carbonyl (C=O) groups is 1. The van der Waals surface area contributed by atoms with E-state index >= 15 is 0 Å². The van der Waals surface area contributed by atoms with E-state index in [9.17, 15) is 83.8 Å². The second kappa shape index (κ2) is 12.1. The van der Waals surface area contributed by atoms with Gasteiger partial charge in [-0.05, 0) is 42.5 Å². The van der Waals surface area contributed by atoms with Crippen LogP contribution in [0.25, 0.3) is 0 Å². The van der Waals surface area contributed by atoms with E-state index in [1.807, 2.05) is 0 Å². The topological polar surface area (TPSA) is 44.8 Å². The minimum atomic E-state index is -8.70. The van der Waals surface area contributed by atoms with Gasteiger partial charge < -0.3 is 14.2 Å². The summed E-state index contributed by atoms with van der Waals surface area (Å²) in [5, 5.41) is 0. The van der Waals surface area contributed by atoms with Crippen LogP contribution >= 0.6 is 0 Å². The summed E-state index contributed by atoms with van der Waals surface area (Å²) in [6.07, 6.45) is -10.6. The molecule has 0 N–H and O–H groups in total. The van der Waals surface area contributed by atoms with Gasteiger partial charge in [-0.1, -0.05) is 0 Å². The number of esters is 1. The van der Waals surface area contributed by atoms with Gasteiger partial charge in [-0.25, -0.2) is 9.18 Å². The molecule has 2 rings (SSSR count). The average molecular weight is 708 g/mol. The zero-order valence-electron chi connectivity index (χ0n) is 21.9. The molecule has 0 spiro atoms. The Morgan fingerprint density at radius 2 is 1.04 bits per heavy atom. The molecular weight excluding hydrogens is 694 g/mol. The van der Waals surface area contributed by atoms with Crippen LogP contribution in [0, 0.1) is 5.82 Å². The van der Waals surface area contributed by atoms with Gasteiger partial charge in [0.25, 0.3) is 0 Å². The molecule has 260 valence electrons. The van der Waals surface area contributed by atoms with Gasteiger partial charge in [-0.2, -0.15) is 74.6 Å². The number of hydrogen-bond donors (Lipinski definition) is 0. The van der Waals surface area contributed by atoms with Crippen LogP contribution in [-0.4, -0.2) is 67.3 Å². The fourth-order valence-corrected chi connectivity index (χ4v) is 3.21. The summed E-state index contributed by atoms with van der Waals surface area (Å²) < 4.78 is 254. The quantitative estimate of drug-likeness (QED) is 0.119. The van der Waals surface area contributed by atoms with Crippen LogP contribution in [0.5, 0.6) is 17.2 Å². The maximum absolute atomic E-state index is 14.0. The molecule has 0 saturated carbocycles. The van der Waals surface area contributed by atoms with Gasteiger partial charge in [0.15, 0.2) is 11.6 Å². The third kappa shape index (κ3) is 6.29. The second-order valence-electron chi connectivity index (χ2n) is 8.96. The number of rotatable bonds is 13. The third-order valence-electron chi connectivity index (χ3n) is 5.89. The van der Waals surface area contributed by atoms with Gasteiger partial charge in [0.05, 0.1) is 25.7 Å². The molecule has 0 aromatic heterocycles. The lowest BCUT2D eigenvalue weighted by Crippen LogP contribution is -2.74. The van der Waals surface area contributed by atoms with Crippen molar-refractivity contribution < 1.29 is 98.0 Å². The zero-order chi connectivity index (χ0) is 35.9. The van der Waals surface area contributed by atoms with E-state index in [-0.39, 0.29) is 17.1 Å². The van der Waals surface area contributed by atoms with Crippen molar-refractivity contribution in [3.63, 3.8) is 0 Å². The van der Waals surface area contributed by atoms with Crippen molar-refractivity contribution in [3.8, 4) is 17.2 Å². The summed E-state index contributed by atoms with van der Waals surface area (Å²) in [7, 11) is 1.13. The Hall–Kier alpha value is -3.75. The first-order valence-electron chi connectivity index (χ1n) is 11.5. The van der Waals surface area contributed by atoms with E-state index < -0.39 is 78.2 Å². The maximum atomic E-state index is 14.0. The Kier molecular flexibility index (Phi) is 10.1. The van der Waals surface area contributed by atoms with Crippen LogP contribution < -0.4 is 14.2 Å². The fourth-order valence-electron chi connectivity index (χ4n) is 3.21. The molecule has 0 atom stereocenters. The van der Waals surface area contributed by atoms with Crippen LogP contribution in [0.15, 0.2) is 42.5 Å². The SMILES string of the molecule is COc1ccc(C(=O)Oc2ccc(OCCC(F)(F)C(F)(F)C(F)(F)C(F)(F)C(F)(F)C(F)(F)C(F)(F)C(F)(F)F)cc2)cc1F. The lowest BCUT2D eigenvalue weighted by Gasteiger charge is -2.42. The van der Waals surface area contributed by atoms with Crippen molar-refractivity contribution in [3.05, 3.63) is 53.8 Å². The largest absolute Gasteiger partial charge is 0.494 e. The molecule has 2 aromatic rings. The maximum Gasteiger partial charge on any atom is 0.460 e. The zero-order valence-corrected chi connectivity index (χ0v) is 21.9. The van der Waals surface area contributed by atoms with Gasteiger partial charge in [0.2, 0.25) is 0 Å². The lowest BCUT2D eigenvalue weighted by atomic mass is 9.88. The van der Waals surface area contributed by atoms with Gasteiger partial charge in [-0.15, -0.1) is 0 Å². The van der Waals surface area contributed by atoms with Gasteiger partial charge in [-0.3, -0.25) is 0 Å². The smallest absolute Gasteiger partial charge is 0.460 e. The second-order valence-corrected chi connectivity index (χ2v) is 8.96. The molecule has 0 fully saturated rings. The number of hydrogen-bond acceptors (Lipinski definition) is 4. The Morgan fingerprint density at radius 1 is 0.609 bits per heavy atom. The van der Waals surface area contributed by atoms with Crippen molar-refractivity contribution in [2.45, 2.75) is 54.1 Å². The highest BCUT2D eigenvalue weighted by atomic mass is 19.4. The Balaban J connectivity index is 2.18. The van der Waals surface area contributed by atoms with Crippen molar-refractivity contribution >= 4 is 5.97 Å². The molecule has 0 amide bonds. The van der Waals surface area contributed by atoms with E-state index in [1.165, 1.54) is 0 Å². The normalized spacial score (nSPS) is 14.2. The summed E-state index contributed by atoms with van der Waals surface area (Å²) >= 11 is 0. The number of methoxy groups -OCH3 is 1. The summed E-state index contributed by atoms with van der Waals surface area (Å²) in [5.41, 5.74) is -0.334. The summed E-state index contributed by atoms with van der Waals surface area (Å²) in [6.45, 7) is -1.85. The Labute approximate surface area is 243 Å². The molecule has 4 nitrogen and oxygen atoms in total. The van der Waals surface area contributed by atoms with Crippen molar-refractivity contribution in [2.75, 3.05) is 13.7 Å². The molecule has 0 aliphatic heterocycles. The highest BCUT2D eigenvalue weighted by Gasteiger charge is 2.95. The number of benzene rings is 2. The molecule has 0 heterocycles. The highest BCUT2D eigenvalue weighted by molar-refractivity contribution is 5.91. The predicted molar refractivity (Wildman–Crippen MR) is 115 cm³/mol. The Morgan fingerprint density at radius 3 is 1.48 bits per heavy atom. The van der Waals surface area contributed by atoms with Gasteiger partial charge in [0.1, 0.15) is 11.5 Å². The predicted octanol–water partition coefficient (Wildman–Crippen LogP) is 8.83. The van der Waals surface area contributed by atoms with Crippen molar-refractivity contribution in [2.24, 2.45) is 0 Å². The molecule has 22 heteroatoms.